The summed E-state index contributed by atoms with van der Waals surface area (Å²) in [7, 11) is -12.3. The van der Waals surface area contributed by atoms with Gasteiger partial charge in [0.05, 0.1) is 5.75 Å². The Morgan fingerprint density at radius 3 is 0.547 bits per heavy atom. The topological polar surface area (TPSA) is 151 Å². The molecule has 0 amide bonds. The van der Waals surface area contributed by atoms with Crippen LogP contribution in [0, 0.1) is 27.7 Å². The van der Waals surface area contributed by atoms with E-state index in [4.69, 9.17) is 9.68 Å². The van der Waals surface area contributed by atoms with E-state index in [-0.39, 0.29) is 0 Å². The summed E-state index contributed by atoms with van der Waals surface area (Å²) in [6, 6.07) is 100. The third-order valence-corrected chi connectivity index (χ3v) is 34.0. The van der Waals surface area contributed by atoms with Crippen molar-refractivity contribution in [2.75, 3.05) is 0 Å². The number of halogens is 4. The van der Waals surface area contributed by atoms with E-state index < -0.39 is 45.6 Å². The maximum Gasteiger partial charge on any atom is 0.569 e. The standard InChI is InChI=1S/C28H28Si.C24H23B4O8Si.C24H16Br4Si/c1-21-5-13-25(14-6-21)29(26-15-7-22(2)8-16-26,27-17-9-23(3)10-18-27)28-19-11-24(4)12-20-28;29-25-36-20-7-15-24(16-8-20)37(21-9-1-17(2-10-21)26(30)31,22-11-3-18(4-12-22)27(32)33)23-13-5-19(6-14-23)28(34)35;25-17-1-9-21(10-2-17)29(22-11-3-18(26)4-12-22,23-13-5-19(27)6-14-23)24-15-7-20(28)8-16-24/h5-20H,1-4H3;1-16,29-35H;1-16H. The van der Waals surface area contributed by atoms with Crippen molar-refractivity contribution >= 4 is 196 Å². The normalized spacial score (nSPS) is 11.3. The van der Waals surface area contributed by atoms with E-state index in [0.717, 1.165) is 38.6 Å². The van der Waals surface area contributed by atoms with Crippen LogP contribution in [0.5, 0.6) is 5.75 Å². The van der Waals surface area contributed by atoms with Gasteiger partial charge in [0.25, 0.3) is 0 Å². The molecule has 0 unspecified atom stereocenters. The van der Waals surface area contributed by atoms with Gasteiger partial charge in [0.2, 0.25) is 0 Å². The average molecular weight is 1560 g/mol. The number of aryl methyl sites for hydroxylation is 4. The summed E-state index contributed by atoms with van der Waals surface area (Å²) in [4.78, 5) is 0. The molecule has 1 radical (unpaired) electrons. The Hall–Kier alpha value is -7.01. The zero-order valence-corrected chi connectivity index (χ0v) is 61.9. The Morgan fingerprint density at radius 1 is 0.242 bits per heavy atom. The zero-order chi connectivity index (χ0) is 67.4. The molecule has 0 atom stereocenters. The first-order valence-electron chi connectivity index (χ1n) is 30.7. The van der Waals surface area contributed by atoms with Crippen molar-refractivity contribution in [1.29, 1.82) is 0 Å². The Morgan fingerprint density at radius 2 is 0.389 bits per heavy atom. The van der Waals surface area contributed by atoms with E-state index >= 15 is 0 Å². The van der Waals surface area contributed by atoms with Gasteiger partial charge >= 0.3 is 29.0 Å². The summed E-state index contributed by atoms with van der Waals surface area (Å²) in [5.41, 5.74) is 6.17. The van der Waals surface area contributed by atoms with Gasteiger partial charge in [0, 0.05) is 17.9 Å². The summed E-state index contributed by atoms with van der Waals surface area (Å²) in [5.74, 6) is 0.422. The monoisotopic (exact) mass is 1550 g/mol. The predicted molar refractivity (Wildman–Crippen MR) is 418 cm³/mol. The van der Waals surface area contributed by atoms with Crippen molar-refractivity contribution < 1.29 is 39.8 Å². The first-order valence-corrected chi connectivity index (χ1v) is 39.9. The second-order valence-electron chi connectivity index (χ2n) is 23.5. The van der Waals surface area contributed by atoms with Gasteiger partial charge in [-0.25, -0.2) is 0 Å². The second-order valence-corrected chi connectivity index (χ2v) is 38.6. The molecule has 0 aliphatic carbocycles. The summed E-state index contributed by atoms with van der Waals surface area (Å²) in [6.45, 7) is 8.65. The molecule has 7 N–H and O–H groups in total. The Labute approximate surface area is 595 Å². The van der Waals surface area contributed by atoms with Crippen LogP contribution in [-0.2, 0) is 0 Å². The van der Waals surface area contributed by atoms with Crippen molar-refractivity contribution in [1.82, 2.24) is 0 Å². The van der Waals surface area contributed by atoms with Crippen molar-refractivity contribution in [3.05, 3.63) is 331 Å². The van der Waals surface area contributed by atoms with Crippen LogP contribution in [0.15, 0.2) is 309 Å². The van der Waals surface area contributed by atoms with Gasteiger partial charge < -0.3 is 39.8 Å². The number of hydrogen-bond acceptors (Lipinski definition) is 8. The van der Waals surface area contributed by atoms with Gasteiger partial charge in [-0.1, -0.05) is 316 Å². The van der Waals surface area contributed by atoms with Gasteiger partial charge in [0.15, 0.2) is 24.2 Å². The largest absolute Gasteiger partial charge is 0.569 e. The summed E-state index contributed by atoms with van der Waals surface area (Å²) < 4.78 is 9.45. The fourth-order valence-electron chi connectivity index (χ4n) is 12.6. The highest BCUT2D eigenvalue weighted by molar-refractivity contribution is 9.11. The molecule has 0 bridgehead atoms. The Balaban J connectivity index is 0.000000157. The molecule has 8 nitrogen and oxygen atoms in total. The Bertz CT molecular complexity index is 3750. The van der Waals surface area contributed by atoms with E-state index in [2.05, 4.69) is 286 Å². The van der Waals surface area contributed by atoms with Crippen molar-refractivity contribution in [2.24, 2.45) is 0 Å². The molecule has 12 rings (SSSR count). The maximum absolute atomic E-state index is 9.65. The molecule has 12 aromatic carbocycles. The van der Waals surface area contributed by atoms with Gasteiger partial charge in [-0.05, 0) is 167 Å². The summed E-state index contributed by atoms with van der Waals surface area (Å²) in [5, 5.41) is 81.6. The molecule has 0 saturated carbocycles. The lowest BCUT2D eigenvalue weighted by molar-refractivity contribution is 0.424. The molecule has 0 spiro atoms. The fraction of sp³-hybridized carbons (Fsp3) is 0.0526. The molecule has 0 aliphatic rings. The van der Waals surface area contributed by atoms with Crippen LogP contribution in [-0.4, -0.2) is 88.4 Å². The molecule has 0 aliphatic heterocycles. The quantitative estimate of drug-likeness (QED) is 0.0473. The van der Waals surface area contributed by atoms with E-state index in [9.17, 15) is 30.1 Å². The van der Waals surface area contributed by atoms with Gasteiger partial charge in [-0.3, -0.25) is 0 Å². The number of hydrogen-bond donors (Lipinski definition) is 7. The van der Waals surface area contributed by atoms with Crippen LogP contribution in [0.1, 0.15) is 22.3 Å². The minimum Gasteiger partial charge on any atom is -0.537 e. The van der Waals surface area contributed by atoms with Crippen LogP contribution in [0.25, 0.3) is 0 Å². The summed E-state index contributed by atoms with van der Waals surface area (Å²) >= 11 is 14.4. The lowest BCUT2D eigenvalue weighted by atomic mass is 9.80. The Kier molecular flexibility index (Phi) is 23.8. The van der Waals surface area contributed by atoms with Crippen LogP contribution < -0.4 is 83.3 Å². The maximum atomic E-state index is 9.65. The molecule has 0 fully saturated rings. The van der Waals surface area contributed by atoms with Gasteiger partial charge in [-0.15, -0.1) is 0 Å². The van der Waals surface area contributed by atoms with Crippen LogP contribution in [0.3, 0.4) is 0 Å². The highest BCUT2D eigenvalue weighted by atomic mass is 79.9. The second kappa shape index (κ2) is 31.9. The van der Waals surface area contributed by atoms with E-state index in [0.29, 0.717) is 29.8 Å². The van der Waals surface area contributed by atoms with Crippen LogP contribution in [0.2, 0.25) is 0 Å². The molecular formula is C76H67B4Br4O8Si3. The smallest absolute Gasteiger partial charge is 0.537 e. The predicted octanol–water partition coefficient (Wildman–Crippen LogP) is 5.42. The SMILES string of the molecule is Brc1ccc([Si](c2ccc(Br)cc2)(c2ccc(Br)cc2)c2ccc(Br)cc2)cc1.Cc1ccc([Si](c2ccc(C)cc2)(c2ccc(C)cc2)c2ccc(C)cc2)cc1.O[B]Oc1ccc([Si](c2ccc(B(O)O)cc2)(c2ccc(B(O)O)cc2)c2ccc(B(O)O)cc2)cc1. The van der Waals surface area contributed by atoms with E-state index in [1.807, 2.05) is 48.5 Å². The minimum absolute atomic E-state index is 0.325. The van der Waals surface area contributed by atoms with Crippen molar-refractivity contribution in [3.8, 4) is 5.75 Å². The molecule has 0 aromatic heterocycles. The highest BCUT2D eigenvalue weighted by Gasteiger charge is 2.44. The molecule has 471 valence electrons. The lowest BCUT2D eigenvalue weighted by Crippen LogP contribution is -2.75. The zero-order valence-electron chi connectivity index (χ0n) is 52.6. The first-order chi connectivity index (χ1) is 45.8. The third-order valence-electron chi connectivity index (χ3n) is 17.4. The molecule has 12 aromatic rings. The molecule has 95 heavy (non-hydrogen) atoms. The van der Waals surface area contributed by atoms with Crippen LogP contribution in [0.4, 0.5) is 0 Å². The third kappa shape index (κ3) is 15.7. The fourth-order valence-corrected chi connectivity index (χ4v) is 27.6. The van der Waals surface area contributed by atoms with Crippen molar-refractivity contribution in [3.63, 3.8) is 0 Å². The van der Waals surface area contributed by atoms with Gasteiger partial charge in [-0.2, -0.15) is 0 Å². The molecular weight excluding hydrogens is 1490 g/mol. The van der Waals surface area contributed by atoms with Crippen LogP contribution >= 0.6 is 63.7 Å². The average Bonchev–Trinajstić information content (AvgIpc) is 0.750. The molecule has 0 saturated heterocycles. The highest BCUT2D eigenvalue weighted by Crippen LogP contribution is 2.20. The summed E-state index contributed by atoms with van der Waals surface area (Å²) in [6.07, 6.45) is 0. The molecule has 19 heteroatoms. The number of rotatable bonds is 17. The van der Waals surface area contributed by atoms with Gasteiger partial charge in [0.1, 0.15) is 0 Å². The lowest BCUT2D eigenvalue weighted by Gasteiger charge is -2.35. The number of benzene rings is 12. The van der Waals surface area contributed by atoms with Crippen molar-refractivity contribution in [2.45, 2.75) is 27.7 Å². The first kappa shape index (κ1) is 70.8. The molecule has 0 heterocycles. The van der Waals surface area contributed by atoms with E-state index in [1.165, 1.54) is 63.7 Å². The van der Waals surface area contributed by atoms with E-state index in [1.54, 1.807) is 48.5 Å². The minimum atomic E-state index is -3.14.